The number of allylic oxidation sites excluding steroid dienone is 4. The molecule has 0 unspecified atom stereocenters. The maximum absolute atomic E-state index is 12.8. The second-order valence-corrected chi connectivity index (χ2v) is 3.43. The maximum atomic E-state index is 12.8. The van der Waals surface area contributed by atoms with E-state index in [1.165, 1.54) is 12.2 Å². The maximum Gasteiger partial charge on any atom is 0.118 e. The van der Waals surface area contributed by atoms with Crippen molar-refractivity contribution >= 4 is 5.69 Å². The van der Waals surface area contributed by atoms with Crippen molar-refractivity contribution in [3.63, 3.8) is 0 Å². The van der Waals surface area contributed by atoms with E-state index in [-0.39, 0.29) is 5.83 Å². The predicted molar refractivity (Wildman–Crippen MR) is 65.1 cm³/mol. The van der Waals surface area contributed by atoms with Crippen LogP contribution in [0, 0.1) is 6.92 Å². The summed E-state index contributed by atoms with van der Waals surface area (Å²) in [7, 11) is 0. The molecule has 0 aliphatic rings. The number of halogens is 1. The van der Waals surface area contributed by atoms with Crippen LogP contribution in [0.4, 0.5) is 10.1 Å². The fraction of sp³-hybridized carbons (Fsp3) is 0.417. The summed E-state index contributed by atoms with van der Waals surface area (Å²) in [5, 5.41) is 7.43. The predicted octanol–water partition coefficient (Wildman–Crippen LogP) is 3.05. The molecule has 1 heterocycles. The molecule has 0 fully saturated rings. The minimum Gasteiger partial charge on any atom is -0.383 e. The Morgan fingerprint density at radius 2 is 2.38 bits per heavy atom. The standard InChI is InChI=1S/C12H18FN3/c1-4-11(13)7-6-8-16-10(3)12(9-15-16)14-5-2/h4,6-7,9,14H,5,8H2,1-3H3. The van der Waals surface area contributed by atoms with Gasteiger partial charge in [-0.25, -0.2) is 4.39 Å². The molecule has 1 rings (SSSR count). The van der Waals surface area contributed by atoms with Gasteiger partial charge in [-0.3, -0.25) is 4.68 Å². The molecule has 4 heteroatoms. The van der Waals surface area contributed by atoms with Crippen molar-refractivity contribution in [3.05, 3.63) is 35.9 Å². The van der Waals surface area contributed by atoms with Crippen LogP contribution in [-0.2, 0) is 6.54 Å². The highest BCUT2D eigenvalue weighted by molar-refractivity contribution is 5.45. The van der Waals surface area contributed by atoms with Crippen molar-refractivity contribution in [3.8, 4) is 0 Å². The molecule has 0 atom stereocenters. The van der Waals surface area contributed by atoms with Gasteiger partial charge in [-0.2, -0.15) is 5.10 Å². The third kappa shape index (κ3) is 3.22. The van der Waals surface area contributed by atoms with Crippen LogP contribution in [-0.4, -0.2) is 16.3 Å². The smallest absolute Gasteiger partial charge is 0.118 e. The van der Waals surface area contributed by atoms with Gasteiger partial charge in [0.05, 0.1) is 24.1 Å². The van der Waals surface area contributed by atoms with E-state index in [1.807, 2.05) is 18.5 Å². The SMILES string of the molecule is CC=C(F)C=CCn1ncc(NCC)c1C. The Morgan fingerprint density at radius 3 is 3.00 bits per heavy atom. The minimum atomic E-state index is -0.225. The zero-order valence-electron chi connectivity index (χ0n) is 10.00. The summed E-state index contributed by atoms with van der Waals surface area (Å²) in [4.78, 5) is 0. The second kappa shape index (κ2) is 6.10. The van der Waals surface area contributed by atoms with Crippen LogP contribution in [0.1, 0.15) is 19.5 Å². The van der Waals surface area contributed by atoms with Gasteiger partial charge < -0.3 is 5.32 Å². The monoisotopic (exact) mass is 223 g/mol. The van der Waals surface area contributed by atoms with E-state index < -0.39 is 0 Å². The van der Waals surface area contributed by atoms with Gasteiger partial charge in [0.2, 0.25) is 0 Å². The number of nitrogens with one attached hydrogen (secondary N) is 1. The molecule has 0 amide bonds. The highest BCUT2D eigenvalue weighted by Gasteiger charge is 2.02. The minimum absolute atomic E-state index is 0.225. The van der Waals surface area contributed by atoms with Crippen molar-refractivity contribution in [1.29, 1.82) is 0 Å². The van der Waals surface area contributed by atoms with Crippen LogP contribution in [0.25, 0.3) is 0 Å². The van der Waals surface area contributed by atoms with Crippen LogP contribution in [0.5, 0.6) is 0 Å². The molecule has 1 aromatic heterocycles. The molecular weight excluding hydrogens is 205 g/mol. The molecule has 0 aliphatic heterocycles. The number of anilines is 1. The molecule has 16 heavy (non-hydrogen) atoms. The highest BCUT2D eigenvalue weighted by Crippen LogP contribution is 2.13. The second-order valence-electron chi connectivity index (χ2n) is 3.43. The van der Waals surface area contributed by atoms with Crippen LogP contribution >= 0.6 is 0 Å². The van der Waals surface area contributed by atoms with Crippen LogP contribution in [0.2, 0.25) is 0 Å². The van der Waals surface area contributed by atoms with E-state index in [1.54, 1.807) is 19.2 Å². The first-order chi connectivity index (χ1) is 7.69. The number of hydrogen-bond acceptors (Lipinski definition) is 2. The normalized spacial score (nSPS) is 12.4. The largest absolute Gasteiger partial charge is 0.383 e. The molecule has 0 aliphatic carbocycles. The van der Waals surface area contributed by atoms with Crippen molar-refractivity contribution in [2.24, 2.45) is 0 Å². The van der Waals surface area contributed by atoms with Crippen molar-refractivity contribution in [2.75, 3.05) is 11.9 Å². The highest BCUT2D eigenvalue weighted by atomic mass is 19.1. The lowest BCUT2D eigenvalue weighted by molar-refractivity contribution is 0.653. The van der Waals surface area contributed by atoms with Crippen molar-refractivity contribution < 1.29 is 4.39 Å². The van der Waals surface area contributed by atoms with Gasteiger partial charge in [-0.15, -0.1) is 0 Å². The Labute approximate surface area is 95.7 Å². The first kappa shape index (κ1) is 12.5. The van der Waals surface area contributed by atoms with Crippen LogP contribution in [0.3, 0.4) is 0 Å². The van der Waals surface area contributed by atoms with Crippen molar-refractivity contribution in [1.82, 2.24) is 9.78 Å². The summed E-state index contributed by atoms with van der Waals surface area (Å²) in [6.45, 7) is 7.15. The number of aromatic nitrogens is 2. The zero-order chi connectivity index (χ0) is 12.0. The quantitative estimate of drug-likeness (QED) is 0.777. The van der Waals surface area contributed by atoms with Gasteiger partial charge in [0.15, 0.2) is 0 Å². The van der Waals surface area contributed by atoms with E-state index in [2.05, 4.69) is 10.4 Å². The van der Waals surface area contributed by atoms with Crippen molar-refractivity contribution in [2.45, 2.75) is 27.3 Å². The van der Waals surface area contributed by atoms with Gasteiger partial charge in [0.1, 0.15) is 5.83 Å². The number of hydrogen-bond donors (Lipinski definition) is 1. The Balaban J connectivity index is 2.64. The average molecular weight is 223 g/mol. The van der Waals surface area contributed by atoms with Gasteiger partial charge >= 0.3 is 0 Å². The molecule has 0 spiro atoms. The van der Waals surface area contributed by atoms with E-state index in [0.29, 0.717) is 6.54 Å². The lowest BCUT2D eigenvalue weighted by atomic mass is 10.3. The van der Waals surface area contributed by atoms with Crippen LogP contribution in [0.15, 0.2) is 30.3 Å². The summed E-state index contributed by atoms with van der Waals surface area (Å²) >= 11 is 0. The molecule has 0 saturated carbocycles. The number of rotatable bonds is 5. The van der Waals surface area contributed by atoms with Gasteiger partial charge in [-0.05, 0) is 26.8 Å². The van der Waals surface area contributed by atoms with Gasteiger partial charge in [0.25, 0.3) is 0 Å². The van der Waals surface area contributed by atoms with Gasteiger partial charge in [-0.1, -0.05) is 12.2 Å². The third-order valence-electron chi connectivity index (χ3n) is 2.30. The van der Waals surface area contributed by atoms with E-state index in [9.17, 15) is 4.39 Å². The zero-order valence-corrected chi connectivity index (χ0v) is 10.00. The molecule has 88 valence electrons. The molecule has 3 nitrogen and oxygen atoms in total. The fourth-order valence-corrected chi connectivity index (χ4v) is 1.36. The summed E-state index contributed by atoms with van der Waals surface area (Å²) in [6, 6.07) is 0. The fourth-order valence-electron chi connectivity index (χ4n) is 1.36. The molecule has 0 bridgehead atoms. The molecule has 0 saturated heterocycles. The summed E-state index contributed by atoms with van der Waals surface area (Å²) < 4.78 is 14.6. The first-order valence-corrected chi connectivity index (χ1v) is 5.43. The Hall–Kier alpha value is -1.58. The third-order valence-corrected chi connectivity index (χ3v) is 2.30. The molecule has 0 radical (unpaired) electrons. The van der Waals surface area contributed by atoms with Crippen LogP contribution < -0.4 is 5.32 Å². The van der Waals surface area contributed by atoms with E-state index >= 15 is 0 Å². The Kier molecular flexibility index (Phi) is 4.76. The topological polar surface area (TPSA) is 29.9 Å². The lowest BCUT2D eigenvalue weighted by Gasteiger charge is -2.03. The lowest BCUT2D eigenvalue weighted by Crippen LogP contribution is -2.02. The van der Waals surface area contributed by atoms with E-state index in [0.717, 1.165) is 17.9 Å². The summed E-state index contributed by atoms with van der Waals surface area (Å²) in [6.07, 6.45) is 6.42. The molecule has 0 aromatic carbocycles. The summed E-state index contributed by atoms with van der Waals surface area (Å²) in [5.41, 5.74) is 2.09. The van der Waals surface area contributed by atoms with Gasteiger partial charge in [0, 0.05) is 6.54 Å². The van der Waals surface area contributed by atoms with E-state index in [4.69, 9.17) is 0 Å². The Morgan fingerprint density at radius 1 is 1.62 bits per heavy atom. The molecule has 1 aromatic rings. The Bertz CT molecular complexity index is 391. The summed E-state index contributed by atoms with van der Waals surface area (Å²) in [5.74, 6) is -0.225. The number of nitrogens with zero attached hydrogens (tertiary/aromatic N) is 2. The molecule has 1 N–H and O–H groups in total. The molecular formula is C12H18FN3. The average Bonchev–Trinajstić information content (AvgIpc) is 2.62. The first-order valence-electron chi connectivity index (χ1n) is 5.43.